The fraction of sp³-hybridized carbons (Fsp3) is 0.250. The molecule has 0 bridgehead atoms. The topological polar surface area (TPSA) is 65.1 Å². The average Bonchev–Trinajstić information content (AvgIpc) is 3.04. The van der Waals surface area contributed by atoms with Gasteiger partial charge in [0.25, 0.3) is 5.56 Å². The minimum absolute atomic E-state index is 0.339. The molecule has 0 saturated carbocycles. The highest BCUT2D eigenvalue weighted by Crippen LogP contribution is 2.24. The summed E-state index contributed by atoms with van der Waals surface area (Å²) in [6.07, 6.45) is 0. The molecule has 7 nitrogen and oxygen atoms in total. The Morgan fingerprint density at radius 1 is 0.963 bits per heavy atom. The first-order valence-electron chi connectivity index (χ1n) is 8.70. The Bertz CT molecular complexity index is 1290. The van der Waals surface area contributed by atoms with Gasteiger partial charge in [0.05, 0.1) is 6.54 Å². The number of aryl methyl sites for hydroxylation is 1. The van der Waals surface area contributed by atoms with Gasteiger partial charge in [-0.25, -0.2) is 4.79 Å². The Balaban J connectivity index is 2.05. The molecule has 2 aromatic heterocycles. The summed E-state index contributed by atoms with van der Waals surface area (Å²) in [6.45, 7) is 0.485. The zero-order valence-corrected chi connectivity index (χ0v) is 15.8. The second-order valence-electron chi connectivity index (χ2n) is 6.91. The summed E-state index contributed by atoms with van der Waals surface area (Å²) in [5.74, 6) is 0.635. The molecule has 0 aliphatic rings. The van der Waals surface area contributed by atoms with Crippen molar-refractivity contribution in [1.29, 1.82) is 0 Å². The van der Waals surface area contributed by atoms with Gasteiger partial charge in [0.2, 0.25) is 5.95 Å². The summed E-state index contributed by atoms with van der Waals surface area (Å²) < 4.78 is 4.44. The molecule has 0 radical (unpaired) electrons. The highest BCUT2D eigenvalue weighted by atomic mass is 16.2. The Hall–Kier alpha value is -3.35. The van der Waals surface area contributed by atoms with Crippen molar-refractivity contribution in [2.45, 2.75) is 6.54 Å². The van der Waals surface area contributed by atoms with Crippen LogP contribution in [0, 0.1) is 0 Å². The fourth-order valence-corrected chi connectivity index (χ4v) is 3.53. The van der Waals surface area contributed by atoms with Crippen molar-refractivity contribution in [3.8, 4) is 0 Å². The lowest BCUT2D eigenvalue weighted by Crippen LogP contribution is -2.37. The Labute approximate surface area is 155 Å². The number of aromatic nitrogens is 4. The molecule has 0 aliphatic carbocycles. The lowest BCUT2D eigenvalue weighted by atomic mass is 10.0. The van der Waals surface area contributed by atoms with Gasteiger partial charge in [-0.1, -0.05) is 42.5 Å². The lowest BCUT2D eigenvalue weighted by molar-refractivity contribution is 0.702. The second-order valence-corrected chi connectivity index (χ2v) is 6.91. The quantitative estimate of drug-likeness (QED) is 0.556. The summed E-state index contributed by atoms with van der Waals surface area (Å²) in [5, 5.41) is 2.28. The van der Waals surface area contributed by atoms with Crippen molar-refractivity contribution in [3.05, 3.63) is 68.9 Å². The standard InChI is InChI=1S/C20H21N5O2/c1-22(2)19-21-17-16(18(26)24(4)20(27)23(17)3)25(19)12-14-10-7-9-13-8-5-6-11-15(13)14/h5-11H,12H2,1-4H3. The highest BCUT2D eigenvalue weighted by molar-refractivity contribution is 5.86. The van der Waals surface area contributed by atoms with Gasteiger partial charge in [-0.2, -0.15) is 4.98 Å². The Kier molecular flexibility index (Phi) is 3.87. The van der Waals surface area contributed by atoms with Gasteiger partial charge in [-0.3, -0.25) is 18.5 Å². The molecule has 0 unspecified atom stereocenters. The molecule has 2 heterocycles. The first-order chi connectivity index (χ1) is 12.9. The maximum absolute atomic E-state index is 12.9. The van der Waals surface area contributed by atoms with E-state index >= 15 is 0 Å². The molecular formula is C20H21N5O2. The molecule has 7 heteroatoms. The molecule has 0 saturated heterocycles. The van der Waals surface area contributed by atoms with Crippen molar-refractivity contribution in [3.63, 3.8) is 0 Å². The number of rotatable bonds is 3. The smallest absolute Gasteiger partial charge is 0.332 e. The van der Waals surface area contributed by atoms with Crippen LogP contribution < -0.4 is 16.1 Å². The normalized spacial score (nSPS) is 11.4. The SMILES string of the molecule is CN(C)c1nc2c(c(=O)n(C)c(=O)n2C)n1Cc1cccc2ccccc12. The molecule has 0 aliphatic heterocycles. The lowest BCUT2D eigenvalue weighted by Gasteiger charge is -2.16. The van der Waals surface area contributed by atoms with Gasteiger partial charge in [-0.05, 0) is 16.3 Å². The van der Waals surface area contributed by atoms with Gasteiger partial charge in [0.15, 0.2) is 11.2 Å². The first kappa shape index (κ1) is 17.1. The van der Waals surface area contributed by atoms with Crippen LogP contribution >= 0.6 is 0 Å². The fourth-order valence-electron chi connectivity index (χ4n) is 3.53. The maximum Gasteiger partial charge on any atom is 0.332 e. The molecule has 4 rings (SSSR count). The third kappa shape index (κ3) is 2.54. The predicted octanol–water partition coefficient (Wildman–Crippen LogP) is 1.70. The van der Waals surface area contributed by atoms with Crippen LogP contribution in [-0.4, -0.2) is 32.8 Å². The summed E-state index contributed by atoms with van der Waals surface area (Å²) >= 11 is 0. The number of imidazole rings is 1. The number of hydrogen-bond acceptors (Lipinski definition) is 4. The second kappa shape index (κ2) is 6.12. The van der Waals surface area contributed by atoms with Crippen molar-refractivity contribution < 1.29 is 0 Å². The van der Waals surface area contributed by atoms with Gasteiger partial charge in [-0.15, -0.1) is 0 Å². The van der Waals surface area contributed by atoms with E-state index in [1.54, 1.807) is 7.05 Å². The zero-order valence-electron chi connectivity index (χ0n) is 15.8. The van der Waals surface area contributed by atoms with Crippen LogP contribution in [0.4, 0.5) is 5.95 Å². The van der Waals surface area contributed by atoms with E-state index in [0.29, 0.717) is 23.7 Å². The monoisotopic (exact) mass is 363 g/mol. The van der Waals surface area contributed by atoms with Crippen molar-refractivity contribution in [2.24, 2.45) is 14.1 Å². The van der Waals surface area contributed by atoms with Crippen LogP contribution in [-0.2, 0) is 20.6 Å². The molecule has 0 atom stereocenters. The molecule has 138 valence electrons. The minimum Gasteiger partial charge on any atom is -0.348 e. The number of anilines is 1. The molecule has 2 aromatic carbocycles. The van der Waals surface area contributed by atoms with Crippen LogP contribution in [0.1, 0.15) is 5.56 Å². The van der Waals surface area contributed by atoms with E-state index in [1.165, 1.54) is 11.6 Å². The molecule has 0 spiro atoms. The zero-order chi connectivity index (χ0) is 19.3. The van der Waals surface area contributed by atoms with E-state index in [9.17, 15) is 9.59 Å². The van der Waals surface area contributed by atoms with Crippen LogP contribution in [0.3, 0.4) is 0 Å². The van der Waals surface area contributed by atoms with E-state index in [-0.39, 0.29) is 11.2 Å². The molecular weight excluding hydrogens is 342 g/mol. The van der Waals surface area contributed by atoms with E-state index in [2.05, 4.69) is 29.2 Å². The summed E-state index contributed by atoms with van der Waals surface area (Å²) in [6, 6.07) is 14.3. The van der Waals surface area contributed by atoms with Crippen molar-refractivity contribution in [2.75, 3.05) is 19.0 Å². The van der Waals surface area contributed by atoms with Crippen molar-refractivity contribution in [1.82, 2.24) is 18.7 Å². The minimum atomic E-state index is -0.382. The van der Waals surface area contributed by atoms with E-state index in [1.807, 2.05) is 41.8 Å². The van der Waals surface area contributed by atoms with E-state index in [4.69, 9.17) is 0 Å². The Morgan fingerprint density at radius 3 is 2.41 bits per heavy atom. The van der Waals surface area contributed by atoms with Crippen molar-refractivity contribution >= 4 is 27.9 Å². The molecule has 0 amide bonds. The summed E-state index contributed by atoms with van der Waals surface area (Å²) in [7, 11) is 6.89. The number of fused-ring (bicyclic) bond motifs is 2. The van der Waals surface area contributed by atoms with E-state index < -0.39 is 0 Å². The van der Waals surface area contributed by atoms with Crippen LogP contribution in [0.2, 0.25) is 0 Å². The van der Waals surface area contributed by atoms with E-state index in [0.717, 1.165) is 20.9 Å². The number of benzene rings is 2. The van der Waals surface area contributed by atoms with Crippen LogP contribution in [0.25, 0.3) is 21.9 Å². The molecule has 0 N–H and O–H groups in total. The molecule has 4 aromatic rings. The van der Waals surface area contributed by atoms with Crippen LogP contribution in [0.15, 0.2) is 52.1 Å². The summed E-state index contributed by atoms with van der Waals surface area (Å²) in [4.78, 5) is 31.6. The van der Waals surface area contributed by atoms with Gasteiger partial charge in [0.1, 0.15) is 0 Å². The predicted molar refractivity (Wildman–Crippen MR) is 108 cm³/mol. The Morgan fingerprint density at radius 2 is 1.67 bits per heavy atom. The molecule has 27 heavy (non-hydrogen) atoms. The highest BCUT2D eigenvalue weighted by Gasteiger charge is 2.20. The van der Waals surface area contributed by atoms with Gasteiger partial charge >= 0.3 is 5.69 Å². The average molecular weight is 363 g/mol. The third-order valence-corrected chi connectivity index (χ3v) is 4.94. The van der Waals surface area contributed by atoms with Gasteiger partial charge < -0.3 is 4.90 Å². The molecule has 0 fully saturated rings. The summed E-state index contributed by atoms with van der Waals surface area (Å²) in [5.41, 5.74) is 1.19. The van der Waals surface area contributed by atoms with Gasteiger partial charge in [0, 0.05) is 28.2 Å². The van der Waals surface area contributed by atoms with Crippen LogP contribution in [0.5, 0.6) is 0 Å². The maximum atomic E-state index is 12.9. The number of nitrogens with zero attached hydrogens (tertiary/aromatic N) is 5. The third-order valence-electron chi connectivity index (χ3n) is 4.94. The largest absolute Gasteiger partial charge is 0.348 e. The number of hydrogen-bond donors (Lipinski definition) is 0. The first-order valence-corrected chi connectivity index (χ1v) is 8.70.